The summed E-state index contributed by atoms with van der Waals surface area (Å²) in [6, 6.07) is 15.6. The number of benzene rings is 2. The van der Waals surface area contributed by atoms with Crippen molar-refractivity contribution in [3.05, 3.63) is 82.2 Å². The van der Waals surface area contributed by atoms with Gasteiger partial charge in [0.05, 0.1) is 25.9 Å². The zero-order valence-electron chi connectivity index (χ0n) is 20.7. The Morgan fingerprint density at radius 2 is 1.86 bits per heavy atom. The van der Waals surface area contributed by atoms with Crippen LogP contribution in [0.5, 0.6) is 11.5 Å². The number of Topliss-reactive ketones (excluding diaryl/α,β-unsaturated/α-hetero) is 1. The summed E-state index contributed by atoms with van der Waals surface area (Å²) in [6.45, 7) is 4.76. The molecule has 184 valence electrons. The van der Waals surface area contributed by atoms with Crippen molar-refractivity contribution in [1.29, 1.82) is 0 Å². The zero-order valence-corrected chi connectivity index (χ0v) is 20.7. The van der Waals surface area contributed by atoms with Gasteiger partial charge in [0, 0.05) is 35.7 Å². The second kappa shape index (κ2) is 11.3. The van der Waals surface area contributed by atoms with E-state index in [1.54, 1.807) is 7.11 Å². The SMILES string of the molecule is CCCOc1ccc(C2C(C(=O)OCCc3ccccc3)=C(C)NC3=C2C(=O)CCC3)cc1OC. The quantitative estimate of drug-likeness (QED) is 0.500. The average Bonchev–Trinajstić information content (AvgIpc) is 2.87. The third kappa shape index (κ3) is 5.42. The number of hydrogen-bond donors (Lipinski definition) is 1. The minimum atomic E-state index is -0.516. The van der Waals surface area contributed by atoms with E-state index in [9.17, 15) is 9.59 Å². The van der Waals surface area contributed by atoms with E-state index in [0.717, 1.165) is 41.8 Å². The Bertz CT molecular complexity index is 1150. The van der Waals surface area contributed by atoms with Crippen molar-refractivity contribution in [2.75, 3.05) is 20.3 Å². The molecule has 0 amide bonds. The first-order valence-corrected chi connectivity index (χ1v) is 12.3. The van der Waals surface area contributed by atoms with Gasteiger partial charge in [0.2, 0.25) is 0 Å². The number of dihydropyridines is 1. The maximum absolute atomic E-state index is 13.4. The summed E-state index contributed by atoms with van der Waals surface area (Å²) in [5.74, 6) is 0.359. The number of nitrogens with one attached hydrogen (secondary N) is 1. The third-order valence-corrected chi connectivity index (χ3v) is 6.45. The van der Waals surface area contributed by atoms with Crippen LogP contribution >= 0.6 is 0 Å². The normalized spacial score (nSPS) is 17.6. The molecule has 0 fully saturated rings. The van der Waals surface area contributed by atoms with Crippen LogP contribution in [0.25, 0.3) is 0 Å². The van der Waals surface area contributed by atoms with E-state index in [2.05, 4.69) is 5.32 Å². The Kier molecular flexibility index (Phi) is 7.91. The summed E-state index contributed by atoms with van der Waals surface area (Å²) in [5, 5.41) is 3.34. The van der Waals surface area contributed by atoms with Crippen LogP contribution in [0, 0.1) is 0 Å². The number of carbonyl (C=O) groups excluding carboxylic acids is 2. The highest BCUT2D eigenvalue weighted by atomic mass is 16.5. The summed E-state index contributed by atoms with van der Waals surface area (Å²) in [7, 11) is 1.59. The number of rotatable bonds is 9. The molecule has 0 saturated heterocycles. The number of ketones is 1. The van der Waals surface area contributed by atoms with Crippen molar-refractivity contribution in [3.8, 4) is 11.5 Å². The fourth-order valence-corrected chi connectivity index (χ4v) is 4.77. The van der Waals surface area contributed by atoms with E-state index in [0.29, 0.717) is 42.1 Å². The highest BCUT2D eigenvalue weighted by Gasteiger charge is 2.39. The van der Waals surface area contributed by atoms with E-state index >= 15 is 0 Å². The smallest absolute Gasteiger partial charge is 0.336 e. The summed E-state index contributed by atoms with van der Waals surface area (Å²) < 4.78 is 17.1. The molecule has 0 bridgehead atoms. The minimum absolute atomic E-state index is 0.0658. The molecule has 2 aliphatic rings. The van der Waals surface area contributed by atoms with Crippen LogP contribution in [-0.2, 0) is 20.7 Å². The Morgan fingerprint density at radius 1 is 1.06 bits per heavy atom. The van der Waals surface area contributed by atoms with Crippen molar-refractivity contribution in [3.63, 3.8) is 0 Å². The predicted molar refractivity (Wildman–Crippen MR) is 134 cm³/mol. The first kappa shape index (κ1) is 24.6. The lowest BCUT2D eigenvalue weighted by Gasteiger charge is -2.34. The largest absolute Gasteiger partial charge is 0.493 e. The maximum Gasteiger partial charge on any atom is 0.336 e. The van der Waals surface area contributed by atoms with Gasteiger partial charge in [-0.15, -0.1) is 0 Å². The van der Waals surface area contributed by atoms with E-state index < -0.39 is 11.9 Å². The van der Waals surface area contributed by atoms with Crippen molar-refractivity contribution in [1.82, 2.24) is 5.32 Å². The van der Waals surface area contributed by atoms with E-state index in [-0.39, 0.29) is 12.4 Å². The number of methoxy groups -OCH3 is 1. The van der Waals surface area contributed by atoms with Crippen molar-refractivity contribution in [2.24, 2.45) is 0 Å². The predicted octanol–water partition coefficient (Wildman–Crippen LogP) is 5.24. The summed E-state index contributed by atoms with van der Waals surface area (Å²) in [6.07, 6.45) is 3.56. The molecule has 0 saturated carbocycles. The van der Waals surface area contributed by atoms with Crippen LogP contribution in [0.3, 0.4) is 0 Å². The first-order chi connectivity index (χ1) is 17.0. The van der Waals surface area contributed by atoms with Crippen LogP contribution in [0.15, 0.2) is 71.1 Å². The molecule has 1 heterocycles. The second-order valence-electron chi connectivity index (χ2n) is 8.90. The molecule has 6 heteroatoms. The van der Waals surface area contributed by atoms with Gasteiger partial charge in [0.25, 0.3) is 0 Å². The molecule has 35 heavy (non-hydrogen) atoms. The molecule has 4 rings (SSSR count). The molecule has 0 aromatic heterocycles. The van der Waals surface area contributed by atoms with Gasteiger partial charge < -0.3 is 19.5 Å². The monoisotopic (exact) mass is 475 g/mol. The standard InChI is InChI=1S/C29H33NO5/c1-4-16-34-24-14-13-21(18-25(24)33-3)27-26(19(2)30-22-11-8-12-23(31)28(22)27)29(32)35-17-15-20-9-6-5-7-10-20/h5-7,9-10,13-14,18,27,30H,4,8,11-12,15-17H2,1-3H3. The topological polar surface area (TPSA) is 73.9 Å². The molecule has 1 aliphatic heterocycles. The molecule has 1 N–H and O–H groups in total. The van der Waals surface area contributed by atoms with Crippen LogP contribution in [0.2, 0.25) is 0 Å². The Labute approximate surface area is 207 Å². The zero-order chi connectivity index (χ0) is 24.8. The molecule has 6 nitrogen and oxygen atoms in total. The van der Waals surface area contributed by atoms with Crippen LogP contribution in [-0.4, -0.2) is 32.1 Å². The molecular formula is C29H33NO5. The summed E-state index contributed by atoms with van der Waals surface area (Å²) in [4.78, 5) is 26.5. The number of hydrogen-bond acceptors (Lipinski definition) is 6. The van der Waals surface area contributed by atoms with Crippen molar-refractivity contribution < 1.29 is 23.8 Å². The summed E-state index contributed by atoms with van der Waals surface area (Å²) in [5.41, 5.74) is 4.65. The maximum atomic E-state index is 13.4. The van der Waals surface area contributed by atoms with Gasteiger partial charge in [-0.1, -0.05) is 43.3 Å². The Morgan fingerprint density at radius 3 is 2.60 bits per heavy atom. The van der Waals surface area contributed by atoms with Gasteiger partial charge in [0.1, 0.15) is 0 Å². The molecule has 0 spiro atoms. The molecule has 1 aliphatic carbocycles. The lowest BCUT2D eigenvalue weighted by atomic mass is 9.75. The van der Waals surface area contributed by atoms with Crippen LogP contribution in [0.1, 0.15) is 56.6 Å². The minimum Gasteiger partial charge on any atom is -0.493 e. The van der Waals surface area contributed by atoms with E-state index in [1.807, 2.05) is 62.4 Å². The van der Waals surface area contributed by atoms with Gasteiger partial charge in [-0.2, -0.15) is 0 Å². The number of ether oxygens (including phenoxy) is 3. The summed E-state index contributed by atoms with van der Waals surface area (Å²) >= 11 is 0. The molecule has 2 aromatic carbocycles. The lowest BCUT2D eigenvalue weighted by Crippen LogP contribution is -2.34. The van der Waals surface area contributed by atoms with Gasteiger partial charge in [-0.25, -0.2) is 4.79 Å². The Hall–Kier alpha value is -3.54. The fourth-order valence-electron chi connectivity index (χ4n) is 4.77. The Balaban J connectivity index is 1.67. The van der Waals surface area contributed by atoms with Crippen molar-refractivity contribution in [2.45, 2.75) is 51.9 Å². The number of esters is 1. The van der Waals surface area contributed by atoms with Crippen LogP contribution < -0.4 is 14.8 Å². The van der Waals surface area contributed by atoms with E-state index in [4.69, 9.17) is 14.2 Å². The highest BCUT2D eigenvalue weighted by Crippen LogP contribution is 2.44. The van der Waals surface area contributed by atoms with Gasteiger partial charge in [0.15, 0.2) is 17.3 Å². The average molecular weight is 476 g/mol. The second-order valence-corrected chi connectivity index (χ2v) is 8.90. The molecule has 0 radical (unpaired) electrons. The number of allylic oxidation sites excluding steroid dienone is 3. The molecule has 1 unspecified atom stereocenters. The molecular weight excluding hydrogens is 442 g/mol. The molecule has 1 atom stereocenters. The van der Waals surface area contributed by atoms with Crippen LogP contribution in [0.4, 0.5) is 0 Å². The molecule has 2 aromatic rings. The first-order valence-electron chi connectivity index (χ1n) is 12.3. The van der Waals surface area contributed by atoms with Gasteiger partial charge >= 0.3 is 5.97 Å². The van der Waals surface area contributed by atoms with Crippen molar-refractivity contribution >= 4 is 11.8 Å². The fraction of sp³-hybridized carbons (Fsp3) is 0.379. The lowest BCUT2D eigenvalue weighted by molar-refractivity contribution is -0.139. The van der Waals surface area contributed by atoms with Gasteiger partial charge in [-0.05, 0) is 49.4 Å². The third-order valence-electron chi connectivity index (χ3n) is 6.45. The van der Waals surface area contributed by atoms with E-state index in [1.165, 1.54) is 0 Å². The van der Waals surface area contributed by atoms with Gasteiger partial charge in [-0.3, -0.25) is 4.79 Å². The highest BCUT2D eigenvalue weighted by molar-refractivity contribution is 6.03. The number of carbonyl (C=O) groups is 2.